The average Bonchev–Trinajstić information content (AvgIpc) is 2.31. The molecule has 0 saturated carbocycles. The van der Waals surface area contributed by atoms with E-state index in [0.717, 1.165) is 25.7 Å². The summed E-state index contributed by atoms with van der Waals surface area (Å²) in [4.78, 5) is 0. The van der Waals surface area contributed by atoms with E-state index in [4.69, 9.17) is 11.6 Å². The molecule has 1 rings (SSSR count). The molecule has 1 aliphatic heterocycles. The van der Waals surface area contributed by atoms with E-state index < -0.39 is 10.2 Å². The van der Waals surface area contributed by atoms with Crippen molar-refractivity contribution in [2.24, 2.45) is 0 Å². The van der Waals surface area contributed by atoms with Crippen LogP contribution >= 0.6 is 11.6 Å². The summed E-state index contributed by atoms with van der Waals surface area (Å²) in [7, 11) is -3.29. The Morgan fingerprint density at radius 2 is 1.94 bits per heavy atom. The van der Waals surface area contributed by atoms with E-state index in [-0.39, 0.29) is 6.04 Å². The van der Waals surface area contributed by atoms with Crippen LogP contribution in [0.4, 0.5) is 0 Å². The van der Waals surface area contributed by atoms with Gasteiger partial charge in [0.15, 0.2) is 0 Å². The maximum atomic E-state index is 12.4. The summed E-state index contributed by atoms with van der Waals surface area (Å²) >= 11 is 5.76. The third-order valence-electron chi connectivity index (χ3n) is 3.34. The Labute approximate surface area is 110 Å². The number of halogens is 1. The predicted molar refractivity (Wildman–Crippen MR) is 71.5 cm³/mol. The summed E-state index contributed by atoms with van der Waals surface area (Å²) < 4.78 is 28.1. The van der Waals surface area contributed by atoms with Gasteiger partial charge in [0.25, 0.3) is 10.2 Å². The molecule has 0 aromatic carbocycles. The van der Waals surface area contributed by atoms with Crippen molar-refractivity contribution >= 4 is 21.8 Å². The molecule has 102 valence electrons. The van der Waals surface area contributed by atoms with Crippen LogP contribution < -0.4 is 0 Å². The summed E-state index contributed by atoms with van der Waals surface area (Å²) in [6.45, 7) is 5.45. The van der Waals surface area contributed by atoms with Gasteiger partial charge in [0.05, 0.1) is 0 Å². The van der Waals surface area contributed by atoms with Gasteiger partial charge in [-0.1, -0.05) is 20.3 Å². The molecule has 0 spiro atoms. The van der Waals surface area contributed by atoms with Gasteiger partial charge < -0.3 is 0 Å². The zero-order valence-corrected chi connectivity index (χ0v) is 12.3. The first-order chi connectivity index (χ1) is 8.07. The van der Waals surface area contributed by atoms with Crippen LogP contribution in [0.15, 0.2) is 0 Å². The Balaban J connectivity index is 2.86. The van der Waals surface area contributed by atoms with Gasteiger partial charge in [0.2, 0.25) is 0 Å². The quantitative estimate of drug-likeness (QED) is 0.700. The van der Waals surface area contributed by atoms with Gasteiger partial charge in [0, 0.05) is 31.6 Å². The minimum atomic E-state index is -3.29. The minimum Gasteiger partial charge on any atom is -0.195 e. The fourth-order valence-electron chi connectivity index (χ4n) is 2.39. The fourth-order valence-corrected chi connectivity index (χ4v) is 4.54. The molecule has 0 N–H and O–H groups in total. The highest BCUT2D eigenvalue weighted by atomic mass is 35.5. The highest BCUT2D eigenvalue weighted by molar-refractivity contribution is 7.86. The summed E-state index contributed by atoms with van der Waals surface area (Å²) in [6.07, 6.45) is 3.75. The summed E-state index contributed by atoms with van der Waals surface area (Å²) in [6, 6.07) is 0.0897. The van der Waals surface area contributed by atoms with Gasteiger partial charge in [-0.3, -0.25) is 0 Å². The standard InChI is InChI=1S/C11H23ClN2O2S/c1-3-13(4-2)17(15,16)14-10-6-5-7-11(14)8-9-12/h11H,3-10H2,1-2H3. The first-order valence-electron chi connectivity index (χ1n) is 6.40. The van der Waals surface area contributed by atoms with Crippen molar-refractivity contribution in [2.75, 3.05) is 25.5 Å². The number of nitrogens with zero attached hydrogens (tertiary/aromatic N) is 2. The van der Waals surface area contributed by atoms with Gasteiger partial charge in [-0.2, -0.15) is 17.0 Å². The lowest BCUT2D eigenvalue weighted by Gasteiger charge is -2.37. The molecule has 0 aromatic rings. The maximum absolute atomic E-state index is 12.4. The lowest BCUT2D eigenvalue weighted by Crippen LogP contribution is -2.50. The van der Waals surface area contributed by atoms with Crippen LogP contribution in [0.2, 0.25) is 0 Å². The van der Waals surface area contributed by atoms with Gasteiger partial charge >= 0.3 is 0 Å². The number of hydrogen-bond donors (Lipinski definition) is 0. The molecule has 1 saturated heterocycles. The first-order valence-corrected chi connectivity index (χ1v) is 8.33. The van der Waals surface area contributed by atoms with Gasteiger partial charge in [-0.05, 0) is 19.3 Å². The summed E-state index contributed by atoms with van der Waals surface area (Å²) in [5, 5.41) is 0. The summed E-state index contributed by atoms with van der Waals surface area (Å²) in [5.41, 5.74) is 0. The molecule has 0 amide bonds. The number of rotatable bonds is 6. The average molecular weight is 283 g/mol. The van der Waals surface area contributed by atoms with Crippen LogP contribution in [0.25, 0.3) is 0 Å². The molecule has 6 heteroatoms. The van der Waals surface area contributed by atoms with E-state index in [1.165, 1.54) is 4.31 Å². The Kier molecular flexibility index (Phi) is 6.20. The highest BCUT2D eigenvalue weighted by Gasteiger charge is 2.34. The van der Waals surface area contributed by atoms with Crippen molar-refractivity contribution in [1.29, 1.82) is 0 Å². The Hall–Kier alpha value is 0.160. The van der Waals surface area contributed by atoms with Crippen LogP contribution in [0.5, 0.6) is 0 Å². The minimum absolute atomic E-state index is 0.0897. The molecule has 1 aliphatic rings. The Bertz CT molecular complexity index is 315. The Morgan fingerprint density at radius 1 is 1.29 bits per heavy atom. The fraction of sp³-hybridized carbons (Fsp3) is 1.00. The van der Waals surface area contributed by atoms with E-state index in [9.17, 15) is 8.42 Å². The second-order valence-corrected chi connectivity index (χ2v) is 6.59. The number of hydrogen-bond acceptors (Lipinski definition) is 2. The molecule has 0 bridgehead atoms. The van der Waals surface area contributed by atoms with Gasteiger partial charge in [-0.25, -0.2) is 0 Å². The maximum Gasteiger partial charge on any atom is 0.282 e. The molecule has 1 heterocycles. The molecule has 1 unspecified atom stereocenters. The van der Waals surface area contributed by atoms with Gasteiger partial charge in [0.1, 0.15) is 0 Å². The molecule has 1 fully saturated rings. The first kappa shape index (κ1) is 15.2. The van der Waals surface area contributed by atoms with Crippen LogP contribution in [-0.4, -0.2) is 48.6 Å². The van der Waals surface area contributed by atoms with E-state index in [1.807, 2.05) is 13.8 Å². The van der Waals surface area contributed by atoms with Crippen molar-refractivity contribution in [3.63, 3.8) is 0 Å². The van der Waals surface area contributed by atoms with Crippen molar-refractivity contribution in [3.8, 4) is 0 Å². The van der Waals surface area contributed by atoms with Crippen LogP contribution in [0.1, 0.15) is 39.5 Å². The highest BCUT2D eigenvalue weighted by Crippen LogP contribution is 2.24. The Morgan fingerprint density at radius 3 is 2.47 bits per heavy atom. The number of alkyl halides is 1. The second-order valence-electron chi connectivity index (χ2n) is 4.33. The molecular formula is C11H23ClN2O2S. The predicted octanol–water partition coefficient (Wildman–Crippen LogP) is 2.06. The third kappa shape index (κ3) is 3.56. The van der Waals surface area contributed by atoms with Crippen LogP contribution in [-0.2, 0) is 10.2 Å². The second kappa shape index (κ2) is 6.92. The molecule has 0 aliphatic carbocycles. The molecule has 1 atom stereocenters. The van der Waals surface area contributed by atoms with Gasteiger partial charge in [-0.15, -0.1) is 11.6 Å². The zero-order valence-electron chi connectivity index (χ0n) is 10.7. The smallest absolute Gasteiger partial charge is 0.195 e. The SMILES string of the molecule is CCN(CC)S(=O)(=O)N1CCCCC1CCCl. The van der Waals surface area contributed by atoms with E-state index in [2.05, 4.69) is 0 Å². The molecule has 0 aromatic heterocycles. The summed E-state index contributed by atoms with van der Waals surface area (Å²) in [5.74, 6) is 0.523. The molecule has 17 heavy (non-hydrogen) atoms. The topological polar surface area (TPSA) is 40.6 Å². The monoisotopic (exact) mass is 282 g/mol. The van der Waals surface area contributed by atoms with Crippen LogP contribution in [0.3, 0.4) is 0 Å². The lowest BCUT2D eigenvalue weighted by atomic mass is 10.0. The van der Waals surface area contributed by atoms with E-state index >= 15 is 0 Å². The zero-order chi connectivity index (χ0) is 12.9. The lowest BCUT2D eigenvalue weighted by molar-refractivity contribution is 0.229. The largest absolute Gasteiger partial charge is 0.282 e. The number of piperidine rings is 1. The van der Waals surface area contributed by atoms with Crippen molar-refractivity contribution in [2.45, 2.75) is 45.6 Å². The van der Waals surface area contributed by atoms with Crippen molar-refractivity contribution in [1.82, 2.24) is 8.61 Å². The molecule has 0 radical (unpaired) electrons. The van der Waals surface area contributed by atoms with Crippen LogP contribution in [0, 0.1) is 0 Å². The van der Waals surface area contributed by atoms with E-state index in [0.29, 0.717) is 25.5 Å². The molecule has 4 nitrogen and oxygen atoms in total. The normalized spacial score (nSPS) is 23.2. The van der Waals surface area contributed by atoms with Crippen molar-refractivity contribution in [3.05, 3.63) is 0 Å². The van der Waals surface area contributed by atoms with Crippen molar-refractivity contribution < 1.29 is 8.42 Å². The third-order valence-corrected chi connectivity index (χ3v) is 5.80. The van der Waals surface area contributed by atoms with E-state index in [1.54, 1.807) is 4.31 Å². The molecular weight excluding hydrogens is 260 g/mol.